The summed E-state index contributed by atoms with van der Waals surface area (Å²) in [5.74, 6) is 0.381. The lowest BCUT2D eigenvalue weighted by Crippen LogP contribution is -2.32. The fraction of sp³-hybridized carbons (Fsp3) is 0.538. The lowest BCUT2D eigenvalue weighted by atomic mass is 9.94. The van der Waals surface area contributed by atoms with Gasteiger partial charge in [-0.2, -0.15) is 0 Å². The van der Waals surface area contributed by atoms with Gasteiger partial charge >= 0.3 is 0 Å². The molecule has 0 aromatic heterocycles. The van der Waals surface area contributed by atoms with E-state index in [4.69, 9.17) is 23.2 Å². The Morgan fingerprint density at radius 1 is 1.25 bits per heavy atom. The highest BCUT2D eigenvalue weighted by atomic mass is 35.5. The first-order valence-electron chi connectivity index (χ1n) is 5.79. The number of halogens is 2. The molecule has 0 bridgehead atoms. The molecule has 1 fully saturated rings. The highest BCUT2D eigenvalue weighted by molar-refractivity contribution is 6.33. The van der Waals surface area contributed by atoms with Crippen molar-refractivity contribution in [1.82, 2.24) is 5.32 Å². The highest BCUT2D eigenvalue weighted by Gasteiger charge is 2.26. The maximum Gasteiger partial charge on any atom is 0.0442 e. The zero-order valence-corrected chi connectivity index (χ0v) is 11.1. The van der Waals surface area contributed by atoms with Crippen LogP contribution in [0.15, 0.2) is 18.2 Å². The largest absolute Gasteiger partial charge is 0.311 e. The standard InChI is InChI=1S/C13H17Cl2N/c1-8(9(2)16-11-4-5-11)12-7-10(14)3-6-13(12)15/h3,6-9,11,16H,4-5H2,1-2H3. The predicted molar refractivity (Wildman–Crippen MR) is 70.5 cm³/mol. The summed E-state index contributed by atoms with van der Waals surface area (Å²) in [5.41, 5.74) is 1.13. The SMILES string of the molecule is CC(NC1CC1)C(C)c1cc(Cl)ccc1Cl. The van der Waals surface area contributed by atoms with Crippen LogP contribution in [0, 0.1) is 0 Å². The van der Waals surface area contributed by atoms with E-state index >= 15 is 0 Å². The molecule has 16 heavy (non-hydrogen) atoms. The fourth-order valence-electron chi connectivity index (χ4n) is 1.90. The van der Waals surface area contributed by atoms with Crippen LogP contribution in [0.3, 0.4) is 0 Å². The van der Waals surface area contributed by atoms with E-state index in [2.05, 4.69) is 19.2 Å². The first-order valence-corrected chi connectivity index (χ1v) is 6.54. The van der Waals surface area contributed by atoms with Crippen molar-refractivity contribution in [1.29, 1.82) is 0 Å². The minimum Gasteiger partial charge on any atom is -0.311 e. The van der Waals surface area contributed by atoms with Crippen LogP contribution in [0.25, 0.3) is 0 Å². The summed E-state index contributed by atoms with van der Waals surface area (Å²) in [7, 11) is 0. The molecule has 1 aromatic carbocycles. The molecule has 2 rings (SSSR count). The Balaban J connectivity index is 2.11. The quantitative estimate of drug-likeness (QED) is 0.851. The van der Waals surface area contributed by atoms with E-state index in [0.717, 1.165) is 21.7 Å². The second kappa shape index (κ2) is 4.95. The number of hydrogen-bond donors (Lipinski definition) is 1. The van der Waals surface area contributed by atoms with Crippen LogP contribution in [0.5, 0.6) is 0 Å². The van der Waals surface area contributed by atoms with E-state index in [-0.39, 0.29) is 0 Å². The molecule has 1 aliphatic rings. The summed E-state index contributed by atoms with van der Waals surface area (Å²) < 4.78 is 0. The van der Waals surface area contributed by atoms with Gasteiger partial charge < -0.3 is 5.32 Å². The number of benzene rings is 1. The molecule has 0 spiro atoms. The first-order chi connectivity index (χ1) is 7.58. The van der Waals surface area contributed by atoms with Crippen molar-refractivity contribution < 1.29 is 0 Å². The van der Waals surface area contributed by atoms with Crippen LogP contribution < -0.4 is 5.32 Å². The molecule has 88 valence electrons. The van der Waals surface area contributed by atoms with E-state index in [1.54, 1.807) is 0 Å². The molecule has 0 radical (unpaired) electrons. The third-order valence-electron chi connectivity index (χ3n) is 3.27. The Morgan fingerprint density at radius 2 is 1.94 bits per heavy atom. The normalized spacial score (nSPS) is 19.5. The zero-order valence-electron chi connectivity index (χ0n) is 9.63. The minimum absolute atomic E-state index is 0.381. The smallest absolute Gasteiger partial charge is 0.0442 e. The fourth-order valence-corrected chi connectivity index (χ4v) is 2.37. The summed E-state index contributed by atoms with van der Waals surface area (Å²) in [6.45, 7) is 4.40. The monoisotopic (exact) mass is 257 g/mol. The van der Waals surface area contributed by atoms with Gasteiger partial charge in [0.05, 0.1) is 0 Å². The summed E-state index contributed by atoms with van der Waals surface area (Å²) in [6, 6.07) is 6.83. The Labute approximate surface area is 107 Å². The second-order valence-corrected chi connectivity index (χ2v) is 5.53. The lowest BCUT2D eigenvalue weighted by molar-refractivity contribution is 0.478. The summed E-state index contributed by atoms with van der Waals surface area (Å²) in [5, 5.41) is 5.16. The third kappa shape index (κ3) is 2.91. The molecule has 3 heteroatoms. The van der Waals surface area contributed by atoms with Gasteiger partial charge in [-0.15, -0.1) is 0 Å². The van der Waals surface area contributed by atoms with Crippen LogP contribution in [0.1, 0.15) is 38.2 Å². The molecule has 1 aliphatic carbocycles. The number of rotatable bonds is 4. The molecule has 1 N–H and O–H groups in total. The molecule has 1 aromatic rings. The van der Waals surface area contributed by atoms with Crippen molar-refractivity contribution in [2.75, 3.05) is 0 Å². The zero-order chi connectivity index (χ0) is 11.7. The van der Waals surface area contributed by atoms with Crippen molar-refractivity contribution >= 4 is 23.2 Å². The van der Waals surface area contributed by atoms with Crippen LogP contribution in [0.4, 0.5) is 0 Å². The average Bonchev–Trinajstić information content (AvgIpc) is 3.04. The van der Waals surface area contributed by atoms with Gasteiger partial charge in [-0.1, -0.05) is 30.1 Å². The molecule has 0 aliphatic heterocycles. The topological polar surface area (TPSA) is 12.0 Å². The molecule has 2 atom stereocenters. The Hall–Kier alpha value is -0.240. The van der Waals surface area contributed by atoms with Gasteiger partial charge in [-0.25, -0.2) is 0 Å². The van der Waals surface area contributed by atoms with Gasteiger partial charge in [0, 0.05) is 22.1 Å². The van der Waals surface area contributed by atoms with Gasteiger partial charge in [0.15, 0.2) is 0 Å². The van der Waals surface area contributed by atoms with E-state index < -0.39 is 0 Å². The maximum absolute atomic E-state index is 6.20. The average molecular weight is 258 g/mol. The molecule has 1 saturated carbocycles. The van der Waals surface area contributed by atoms with Gasteiger partial charge in [-0.3, -0.25) is 0 Å². The molecular formula is C13H17Cl2N. The van der Waals surface area contributed by atoms with E-state index in [1.807, 2.05) is 18.2 Å². The van der Waals surface area contributed by atoms with E-state index in [0.29, 0.717) is 12.0 Å². The summed E-state index contributed by atoms with van der Waals surface area (Å²) >= 11 is 12.2. The first kappa shape index (κ1) is 12.2. The van der Waals surface area contributed by atoms with Crippen molar-refractivity contribution in [2.45, 2.75) is 44.7 Å². The number of nitrogens with one attached hydrogen (secondary N) is 1. The van der Waals surface area contributed by atoms with Crippen LogP contribution >= 0.6 is 23.2 Å². The molecule has 0 heterocycles. The second-order valence-electron chi connectivity index (χ2n) is 4.68. The molecule has 0 saturated heterocycles. The van der Waals surface area contributed by atoms with Crippen LogP contribution in [0.2, 0.25) is 10.0 Å². The maximum atomic E-state index is 6.20. The van der Waals surface area contributed by atoms with Crippen molar-refractivity contribution in [3.05, 3.63) is 33.8 Å². The van der Waals surface area contributed by atoms with Gasteiger partial charge in [-0.05, 0) is 49.4 Å². The Bertz CT molecular complexity index is 374. The van der Waals surface area contributed by atoms with Crippen molar-refractivity contribution in [2.24, 2.45) is 0 Å². The molecule has 1 nitrogen and oxygen atoms in total. The minimum atomic E-state index is 0.381. The van der Waals surface area contributed by atoms with Crippen molar-refractivity contribution in [3.63, 3.8) is 0 Å². The van der Waals surface area contributed by atoms with Crippen molar-refractivity contribution in [3.8, 4) is 0 Å². The van der Waals surface area contributed by atoms with E-state index in [1.165, 1.54) is 12.8 Å². The Kier molecular flexibility index (Phi) is 3.78. The predicted octanol–water partition coefficient (Wildman–Crippen LogP) is 4.24. The third-order valence-corrected chi connectivity index (χ3v) is 3.85. The molecule has 2 unspecified atom stereocenters. The molecule has 0 amide bonds. The number of hydrogen-bond acceptors (Lipinski definition) is 1. The van der Waals surface area contributed by atoms with Crippen LogP contribution in [-0.2, 0) is 0 Å². The van der Waals surface area contributed by atoms with Gasteiger partial charge in [0.2, 0.25) is 0 Å². The van der Waals surface area contributed by atoms with E-state index in [9.17, 15) is 0 Å². The molecular weight excluding hydrogens is 241 g/mol. The van der Waals surface area contributed by atoms with Crippen LogP contribution in [-0.4, -0.2) is 12.1 Å². The highest BCUT2D eigenvalue weighted by Crippen LogP contribution is 2.31. The lowest BCUT2D eigenvalue weighted by Gasteiger charge is -2.22. The van der Waals surface area contributed by atoms with Gasteiger partial charge in [0.25, 0.3) is 0 Å². The van der Waals surface area contributed by atoms with Gasteiger partial charge in [0.1, 0.15) is 0 Å². The summed E-state index contributed by atoms with van der Waals surface area (Å²) in [4.78, 5) is 0. The summed E-state index contributed by atoms with van der Waals surface area (Å²) in [6.07, 6.45) is 2.61. The Morgan fingerprint density at radius 3 is 2.56 bits per heavy atom.